The van der Waals surface area contributed by atoms with Crippen LogP contribution in [0.3, 0.4) is 0 Å². The van der Waals surface area contributed by atoms with Crippen molar-refractivity contribution in [1.82, 2.24) is 10.2 Å². The zero-order valence-electron chi connectivity index (χ0n) is 28.4. The van der Waals surface area contributed by atoms with Gasteiger partial charge in [-0.2, -0.15) is 0 Å². The van der Waals surface area contributed by atoms with Gasteiger partial charge in [0.05, 0.1) is 46.5 Å². The number of amides is 3. The molecule has 3 amide bonds. The number of rotatable bonds is 10. The van der Waals surface area contributed by atoms with Crippen molar-refractivity contribution in [2.24, 2.45) is 5.92 Å². The summed E-state index contributed by atoms with van der Waals surface area (Å²) in [7, 11) is 0.942. The minimum Gasteiger partial charge on any atom is -0.497 e. The van der Waals surface area contributed by atoms with Crippen molar-refractivity contribution in [3.8, 4) is 5.75 Å². The molecule has 0 unspecified atom stereocenters. The highest BCUT2D eigenvalue weighted by molar-refractivity contribution is 6.91. The Morgan fingerprint density at radius 3 is 2.50 bits per heavy atom. The maximum atomic E-state index is 14.5. The van der Waals surface area contributed by atoms with Crippen LogP contribution < -0.4 is 25.0 Å². The Balaban J connectivity index is 1.42. The third kappa shape index (κ3) is 5.82. The Kier molecular flexibility index (Phi) is 9.50. The molecule has 2 N–H and O–H groups in total. The summed E-state index contributed by atoms with van der Waals surface area (Å²) in [5.74, 6) is 0.157. The minimum absolute atomic E-state index is 0.0231. The van der Waals surface area contributed by atoms with Crippen molar-refractivity contribution in [2.45, 2.75) is 50.2 Å². The summed E-state index contributed by atoms with van der Waals surface area (Å²) in [5.41, 5.74) is 1.73. The van der Waals surface area contributed by atoms with E-state index in [4.69, 9.17) is 9.47 Å². The number of likely N-dealkylation sites (N-methyl/N-ethyl adjacent to an activating group) is 1. The maximum Gasteiger partial charge on any atom is 0.264 e. The van der Waals surface area contributed by atoms with Crippen LogP contribution in [0.4, 0.5) is 11.4 Å². The average molecular weight is 671 g/mol. The molecule has 2 fully saturated rings. The predicted octanol–water partition coefficient (Wildman–Crippen LogP) is 3.24. The van der Waals surface area contributed by atoms with Gasteiger partial charge < -0.3 is 34.6 Å². The van der Waals surface area contributed by atoms with Gasteiger partial charge in [0.15, 0.2) is 5.60 Å². The van der Waals surface area contributed by atoms with Crippen LogP contribution in [-0.4, -0.2) is 88.8 Å². The lowest BCUT2D eigenvalue weighted by molar-refractivity contribution is -0.149. The first-order valence-electron chi connectivity index (χ1n) is 16.7. The van der Waals surface area contributed by atoms with E-state index in [0.717, 1.165) is 28.3 Å². The van der Waals surface area contributed by atoms with Gasteiger partial charge in [-0.1, -0.05) is 67.7 Å². The molecule has 3 aromatic carbocycles. The monoisotopic (exact) mass is 670 g/mol. The van der Waals surface area contributed by atoms with Gasteiger partial charge in [0, 0.05) is 50.4 Å². The highest BCUT2D eigenvalue weighted by Gasteiger charge is 2.66. The highest BCUT2D eigenvalue weighted by atomic mass is 28.3. The zero-order valence-corrected chi connectivity index (χ0v) is 29.4. The van der Waals surface area contributed by atoms with Crippen molar-refractivity contribution in [3.05, 3.63) is 83.9 Å². The van der Waals surface area contributed by atoms with E-state index in [1.54, 1.807) is 28.9 Å². The maximum absolute atomic E-state index is 14.5. The van der Waals surface area contributed by atoms with Gasteiger partial charge in [-0.15, -0.1) is 0 Å². The minimum atomic E-state index is -2.47. The molecular formula is C37H46N4O6Si. The van der Waals surface area contributed by atoms with Gasteiger partial charge in [-0.3, -0.25) is 14.4 Å². The van der Waals surface area contributed by atoms with Crippen LogP contribution >= 0.6 is 0 Å². The second kappa shape index (κ2) is 13.5. The summed E-state index contributed by atoms with van der Waals surface area (Å²) in [4.78, 5) is 46.7. The first-order valence-corrected chi connectivity index (χ1v) is 19.8. The quantitative estimate of drug-likeness (QED) is 0.319. The number of carbonyl (C=O) groups is 3. The molecule has 0 aromatic heterocycles. The van der Waals surface area contributed by atoms with Gasteiger partial charge in [-0.05, 0) is 41.4 Å². The summed E-state index contributed by atoms with van der Waals surface area (Å²) in [6.07, 6.45) is -0.501. The third-order valence-electron chi connectivity index (χ3n) is 10.7. The van der Waals surface area contributed by atoms with Gasteiger partial charge in [0.25, 0.3) is 5.91 Å². The predicted molar refractivity (Wildman–Crippen MR) is 188 cm³/mol. The molecule has 3 aliphatic rings. The van der Waals surface area contributed by atoms with E-state index in [9.17, 15) is 19.5 Å². The average Bonchev–Trinajstić information content (AvgIpc) is 3.50. The smallest absolute Gasteiger partial charge is 0.264 e. The van der Waals surface area contributed by atoms with Crippen LogP contribution in [0.25, 0.3) is 0 Å². The topological polar surface area (TPSA) is 112 Å². The number of fused-ring (bicyclic) bond motifs is 2. The summed E-state index contributed by atoms with van der Waals surface area (Å²) >= 11 is 0. The standard InChI is InChI=1S/C37H46N4O6Si/c1-25-35(48(4,5)29-14-12-28(46-3)13-15-29)32(22-33(43)40(19-20-42)24-26-9-7-6-8-10-26)47-37(25)30-21-27(41-18-17-38-23-34(41)44)11-16-31(30)39(2)36(37)45/h6-16,21,25,32,35,38,42H,17-20,22-24H2,1-5H3/t25-,32+,35-,37+/m0/s1. The molecule has 3 aliphatic heterocycles. The van der Waals surface area contributed by atoms with Crippen molar-refractivity contribution >= 4 is 42.4 Å². The number of hydrogen-bond acceptors (Lipinski definition) is 7. The Bertz CT molecular complexity index is 1670. The number of nitrogens with one attached hydrogen (secondary N) is 1. The summed E-state index contributed by atoms with van der Waals surface area (Å²) < 4.78 is 12.6. The molecule has 48 heavy (non-hydrogen) atoms. The first kappa shape index (κ1) is 33.9. The molecule has 3 heterocycles. The summed E-state index contributed by atoms with van der Waals surface area (Å²) in [6, 6.07) is 23.6. The van der Waals surface area contributed by atoms with E-state index in [2.05, 4.69) is 37.5 Å². The van der Waals surface area contributed by atoms with Crippen molar-refractivity contribution < 1.29 is 29.0 Å². The number of anilines is 2. The molecule has 3 aromatic rings. The van der Waals surface area contributed by atoms with Crippen LogP contribution in [0.2, 0.25) is 18.6 Å². The van der Waals surface area contributed by atoms with Crippen LogP contribution in [0.5, 0.6) is 5.75 Å². The highest BCUT2D eigenvalue weighted by Crippen LogP contribution is 2.60. The number of hydrogen-bond donors (Lipinski definition) is 2. The zero-order chi connectivity index (χ0) is 34.2. The molecule has 6 rings (SSSR count). The molecule has 0 radical (unpaired) electrons. The van der Waals surface area contributed by atoms with Gasteiger partial charge in [-0.25, -0.2) is 0 Å². The number of aliphatic hydroxyl groups excluding tert-OH is 1. The fourth-order valence-electron chi connectivity index (χ4n) is 8.17. The SMILES string of the molecule is COc1ccc([Si](C)(C)[C@@H]2[C@@H](CC(=O)N(CCO)Cc3ccccc3)O[C@]3(C(=O)N(C)c4ccc(N5CCNCC5=O)cc43)[C@H]2C)cc1. The number of benzene rings is 3. The Labute approximate surface area is 283 Å². The largest absolute Gasteiger partial charge is 0.497 e. The number of piperazine rings is 1. The molecule has 254 valence electrons. The summed E-state index contributed by atoms with van der Waals surface area (Å²) in [6.45, 7) is 8.52. The second-order valence-corrected chi connectivity index (χ2v) is 18.4. The van der Waals surface area contributed by atoms with Crippen LogP contribution in [0.1, 0.15) is 24.5 Å². The number of nitrogens with zero attached hydrogens (tertiary/aromatic N) is 3. The van der Waals surface area contributed by atoms with E-state index in [1.807, 2.05) is 60.7 Å². The Morgan fingerprint density at radius 1 is 1.10 bits per heavy atom. The molecule has 4 atom stereocenters. The van der Waals surface area contributed by atoms with E-state index < -0.39 is 19.8 Å². The van der Waals surface area contributed by atoms with Crippen LogP contribution in [-0.2, 0) is 31.3 Å². The number of carbonyl (C=O) groups excluding carboxylic acids is 3. The molecule has 10 nitrogen and oxygen atoms in total. The molecule has 1 spiro atoms. The molecular weight excluding hydrogens is 625 g/mol. The second-order valence-electron chi connectivity index (χ2n) is 13.7. The third-order valence-corrected chi connectivity index (χ3v) is 15.0. The van der Waals surface area contributed by atoms with Crippen LogP contribution in [0.15, 0.2) is 72.8 Å². The fraction of sp³-hybridized carbons (Fsp3) is 0.432. The lowest BCUT2D eigenvalue weighted by atomic mass is 9.82. The van der Waals surface area contributed by atoms with Crippen molar-refractivity contribution in [1.29, 1.82) is 0 Å². The van der Waals surface area contributed by atoms with E-state index in [-0.39, 0.29) is 55.3 Å². The normalized spacial score (nSPS) is 23.9. The lowest BCUT2D eigenvalue weighted by Gasteiger charge is -2.37. The molecule has 2 saturated heterocycles. The fourth-order valence-corrected chi connectivity index (χ4v) is 12.2. The van der Waals surface area contributed by atoms with Gasteiger partial charge >= 0.3 is 0 Å². The molecule has 0 aliphatic carbocycles. The van der Waals surface area contributed by atoms with Crippen molar-refractivity contribution in [2.75, 3.05) is 56.7 Å². The molecule has 0 bridgehead atoms. The molecule has 0 saturated carbocycles. The molecule has 11 heteroatoms. The first-order chi connectivity index (χ1) is 23.0. The Morgan fingerprint density at radius 2 is 1.83 bits per heavy atom. The number of ether oxygens (including phenoxy) is 2. The van der Waals surface area contributed by atoms with Gasteiger partial charge in [0.1, 0.15) is 5.75 Å². The number of aliphatic hydroxyl groups is 1. The number of methoxy groups -OCH3 is 1. The summed E-state index contributed by atoms with van der Waals surface area (Å²) in [5, 5.41) is 14.2. The Hall–Kier alpha value is -4.03. The van der Waals surface area contributed by atoms with Crippen molar-refractivity contribution in [3.63, 3.8) is 0 Å². The van der Waals surface area contributed by atoms with E-state index in [1.165, 1.54) is 5.19 Å². The lowest BCUT2D eigenvalue weighted by Crippen LogP contribution is -2.52. The van der Waals surface area contributed by atoms with E-state index >= 15 is 0 Å². The van der Waals surface area contributed by atoms with Crippen LogP contribution in [0, 0.1) is 5.92 Å². The van der Waals surface area contributed by atoms with Gasteiger partial charge in [0.2, 0.25) is 11.8 Å². The van der Waals surface area contributed by atoms with E-state index in [0.29, 0.717) is 19.6 Å².